The van der Waals surface area contributed by atoms with E-state index in [2.05, 4.69) is 15.3 Å². The summed E-state index contributed by atoms with van der Waals surface area (Å²) in [5, 5.41) is 3.98. The average Bonchev–Trinajstić information content (AvgIpc) is 2.60. The largest absolute Gasteiger partial charge is 0.325 e. The number of thioether (sulfide) groups is 1. The lowest BCUT2D eigenvalue weighted by atomic mass is 10.1. The van der Waals surface area contributed by atoms with Gasteiger partial charge in [-0.3, -0.25) is 4.79 Å². The number of hydrogen-bond donors (Lipinski definition) is 1. The molecule has 3 rings (SSSR count). The molecule has 0 bridgehead atoms. The van der Waals surface area contributed by atoms with Crippen molar-refractivity contribution >= 4 is 35.0 Å². The zero-order chi connectivity index (χ0) is 17.6. The van der Waals surface area contributed by atoms with Gasteiger partial charge in [0.25, 0.3) is 0 Å². The first-order chi connectivity index (χ1) is 12.1. The highest BCUT2D eigenvalue weighted by molar-refractivity contribution is 7.99. The van der Waals surface area contributed by atoms with Gasteiger partial charge in [0.1, 0.15) is 0 Å². The molecule has 4 nitrogen and oxygen atoms in total. The minimum absolute atomic E-state index is 0.126. The Balaban J connectivity index is 1.67. The molecular weight excluding hydrogens is 354 g/mol. The van der Waals surface area contributed by atoms with Gasteiger partial charge in [0.2, 0.25) is 5.91 Å². The van der Waals surface area contributed by atoms with Crippen LogP contribution in [-0.2, 0) is 4.79 Å². The number of rotatable bonds is 5. The summed E-state index contributed by atoms with van der Waals surface area (Å²) in [7, 11) is 0. The molecule has 0 aliphatic rings. The number of benzene rings is 2. The van der Waals surface area contributed by atoms with Gasteiger partial charge in [0.15, 0.2) is 5.16 Å². The van der Waals surface area contributed by atoms with Crippen molar-refractivity contribution in [1.82, 2.24) is 9.97 Å². The number of amides is 1. The number of carbonyl (C=O) groups excluding carboxylic acids is 1. The summed E-state index contributed by atoms with van der Waals surface area (Å²) in [6.45, 7) is 1.92. The Kier molecular flexibility index (Phi) is 5.68. The summed E-state index contributed by atoms with van der Waals surface area (Å²) in [6, 6.07) is 18.9. The number of carbonyl (C=O) groups is 1. The molecule has 6 heteroatoms. The second-order valence-electron chi connectivity index (χ2n) is 5.39. The minimum atomic E-state index is -0.126. The standard InChI is InChI=1S/C19H16ClN3OS/c1-13-10-17(14-6-3-2-4-7-14)23-19(21-13)25-12-18(24)22-16-9-5-8-15(20)11-16/h2-11H,12H2,1H3,(H,22,24). The number of hydrogen-bond acceptors (Lipinski definition) is 4. The maximum Gasteiger partial charge on any atom is 0.234 e. The van der Waals surface area contributed by atoms with Crippen LogP contribution in [0.15, 0.2) is 65.8 Å². The van der Waals surface area contributed by atoms with Gasteiger partial charge in [-0.1, -0.05) is 59.8 Å². The zero-order valence-corrected chi connectivity index (χ0v) is 15.1. The molecule has 0 saturated carbocycles. The third kappa shape index (κ3) is 5.05. The van der Waals surface area contributed by atoms with Gasteiger partial charge < -0.3 is 5.32 Å². The number of aryl methyl sites for hydroxylation is 1. The van der Waals surface area contributed by atoms with Crippen LogP contribution in [0.3, 0.4) is 0 Å². The highest BCUT2D eigenvalue weighted by Gasteiger charge is 2.09. The Morgan fingerprint density at radius 1 is 1.08 bits per heavy atom. The predicted octanol–water partition coefficient (Wildman–Crippen LogP) is 4.84. The molecule has 25 heavy (non-hydrogen) atoms. The number of nitrogens with one attached hydrogen (secondary N) is 1. The summed E-state index contributed by atoms with van der Waals surface area (Å²) in [5.41, 5.74) is 3.42. The molecule has 1 heterocycles. The molecule has 2 aromatic carbocycles. The number of nitrogens with zero attached hydrogens (tertiary/aromatic N) is 2. The molecule has 1 amide bonds. The van der Waals surface area contributed by atoms with Gasteiger partial charge in [-0.05, 0) is 31.2 Å². The van der Waals surface area contributed by atoms with E-state index < -0.39 is 0 Å². The maximum atomic E-state index is 12.1. The molecule has 126 valence electrons. The highest BCUT2D eigenvalue weighted by Crippen LogP contribution is 2.22. The molecular formula is C19H16ClN3OS. The fraction of sp³-hybridized carbons (Fsp3) is 0.105. The monoisotopic (exact) mass is 369 g/mol. The van der Waals surface area contributed by atoms with E-state index in [0.717, 1.165) is 17.0 Å². The number of aromatic nitrogens is 2. The van der Waals surface area contributed by atoms with Crippen LogP contribution in [0.1, 0.15) is 5.69 Å². The highest BCUT2D eigenvalue weighted by atomic mass is 35.5. The average molecular weight is 370 g/mol. The summed E-state index contributed by atoms with van der Waals surface area (Å²) in [6.07, 6.45) is 0. The molecule has 1 N–H and O–H groups in total. The molecule has 0 radical (unpaired) electrons. The summed E-state index contributed by atoms with van der Waals surface area (Å²) in [5.74, 6) is 0.100. The van der Waals surface area contributed by atoms with Gasteiger partial charge in [-0.15, -0.1) is 0 Å². The second-order valence-corrected chi connectivity index (χ2v) is 6.77. The summed E-state index contributed by atoms with van der Waals surface area (Å²) in [4.78, 5) is 21.1. The van der Waals surface area contributed by atoms with Crippen LogP contribution in [0.5, 0.6) is 0 Å². The first kappa shape index (κ1) is 17.5. The van der Waals surface area contributed by atoms with Crippen LogP contribution in [0, 0.1) is 6.92 Å². The third-order valence-corrected chi connectivity index (χ3v) is 4.43. The Labute approximate surface area is 155 Å². The van der Waals surface area contributed by atoms with Crippen molar-refractivity contribution in [2.75, 3.05) is 11.1 Å². The number of anilines is 1. The SMILES string of the molecule is Cc1cc(-c2ccccc2)nc(SCC(=O)Nc2cccc(Cl)c2)n1. The van der Waals surface area contributed by atoms with Crippen LogP contribution in [0.25, 0.3) is 11.3 Å². The molecule has 0 saturated heterocycles. The topological polar surface area (TPSA) is 54.9 Å². The van der Waals surface area contributed by atoms with E-state index in [-0.39, 0.29) is 11.7 Å². The van der Waals surface area contributed by atoms with Gasteiger partial charge in [-0.2, -0.15) is 0 Å². The van der Waals surface area contributed by atoms with E-state index in [1.54, 1.807) is 24.3 Å². The third-order valence-electron chi connectivity index (χ3n) is 3.34. The van der Waals surface area contributed by atoms with Crippen molar-refractivity contribution in [3.63, 3.8) is 0 Å². The Hall–Kier alpha value is -2.37. The summed E-state index contributed by atoms with van der Waals surface area (Å²) < 4.78 is 0. The van der Waals surface area contributed by atoms with Gasteiger partial charge >= 0.3 is 0 Å². The van der Waals surface area contributed by atoms with Crippen LogP contribution in [-0.4, -0.2) is 21.6 Å². The normalized spacial score (nSPS) is 10.5. The zero-order valence-electron chi connectivity index (χ0n) is 13.6. The molecule has 0 fully saturated rings. The smallest absolute Gasteiger partial charge is 0.234 e. The lowest BCUT2D eigenvalue weighted by Crippen LogP contribution is -2.14. The first-order valence-corrected chi connectivity index (χ1v) is 9.06. The van der Waals surface area contributed by atoms with Gasteiger partial charge in [0, 0.05) is 22.0 Å². The second kappa shape index (κ2) is 8.14. The van der Waals surface area contributed by atoms with Crippen molar-refractivity contribution in [2.24, 2.45) is 0 Å². The molecule has 0 unspecified atom stereocenters. The van der Waals surface area contributed by atoms with E-state index in [9.17, 15) is 4.79 Å². The summed E-state index contributed by atoms with van der Waals surface area (Å²) >= 11 is 7.23. The van der Waals surface area contributed by atoms with E-state index in [1.807, 2.05) is 43.3 Å². The molecule has 0 aliphatic carbocycles. The Morgan fingerprint density at radius 3 is 2.64 bits per heavy atom. The van der Waals surface area contributed by atoms with Crippen LogP contribution in [0.4, 0.5) is 5.69 Å². The van der Waals surface area contributed by atoms with E-state index in [1.165, 1.54) is 11.8 Å². The molecule has 0 spiro atoms. The van der Waals surface area contributed by atoms with Crippen molar-refractivity contribution in [2.45, 2.75) is 12.1 Å². The molecule has 3 aromatic rings. The van der Waals surface area contributed by atoms with Gasteiger partial charge in [0.05, 0.1) is 11.4 Å². The van der Waals surface area contributed by atoms with Crippen molar-refractivity contribution in [3.8, 4) is 11.3 Å². The van der Waals surface area contributed by atoms with Gasteiger partial charge in [-0.25, -0.2) is 9.97 Å². The van der Waals surface area contributed by atoms with E-state index in [4.69, 9.17) is 11.6 Å². The fourth-order valence-corrected chi connectivity index (χ4v) is 3.15. The predicted molar refractivity (Wildman–Crippen MR) is 103 cm³/mol. The number of halogens is 1. The minimum Gasteiger partial charge on any atom is -0.325 e. The van der Waals surface area contributed by atoms with Crippen LogP contribution in [0.2, 0.25) is 5.02 Å². The lowest BCUT2D eigenvalue weighted by molar-refractivity contribution is -0.113. The van der Waals surface area contributed by atoms with Crippen molar-refractivity contribution in [3.05, 3.63) is 71.4 Å². The van der Waals surface area contributed by atoms with E-state index >= 15 is 0 Å². The lowest BCUT2D eigenvalue weighted by Gasteiger charge is -2.07. The maximum absolute atomic E-state index is 12.1. The Morgan fingerprint density at radius 2 is 1.88 bits per heavy atom. The van der Waals surface area contributed by atoms with Crippen molar-refractivity contribution < 1.29 is 4.79 Å². The van der Waals surface area contributed by atoms with E-state index in [0.29, 0.717) is 15.9 Å². The van der Waals surface area contributed by atoms with Crippen LogP contribution < -0.4 is 5.32 Å². The fourth-order valence-electron chi connectivity index (χ4n) is 2.26. The Bertz CT molecular complexity index is 887. The van der Waals surface area contributed by atoms with Crippen LogP contribution >= 0.6 is 23.4 Å². The van der Waals surface area contributed by atoms with Crippen molar-refractivity contribution in [1.29, 1.82) is 0 Å². The molecule has 1 aromatic heterocycles. The first-order valence-electron chi connectivity index (χ1n) is 7.69. The quantitative estimate of drug-likeness (QED) is 0.516. The molecule has 0 aliphatic heterocycles. The molecule has 0 atom stereocenters.